The highest BCUT2D eigenvalue weighted by molar-refractivity contribution is 6.06. The normalized spacial score (nSPS) is 12.3. The van der Waals surface area contributed by atoms with Crippen molar-refractivity contribution < 1.29 is 31.1 Å². The first-order valence-corrected chi connectivity index (χ1v) is 20.2. The van der Waals surface area contributed by atoms with E-state index < -0.39 is 23.5 Å². The van der Waals surface area contributed by atoms with Crippen LogP contribution in [0, 0.1) is 6.92 Å². The van der Waals surface area contributed by atoms with Crippen molar-refractivity contribution in [1.82, 2.24) is 15.2 Å². The summed E-state index contributed by atoms with van der Waals surface area (Å²) in [5.74, 6) is -0.155. The van der Waals surface area contributed by atoms with Crippen LogP contribution >= 0.6 is 0 Å². The molecule has 1 heterocycles. The highest BCUT2D eigenvalue weighted by Gasteiger charge is 2.31. The Morgan fingerprint density at radius 2 is 1.12 bits per heavy atom. The predicted octanol–water partition coefficient (Wildman–Crippen LogP) is 13.0. The van der Waals surface area contributed by atoms with Crippen LogP contribution < -0.4 is 5.32 Å². The Hall–Kier alpha value is -5.35. The van der Waals surface area contributed by atoms with Gasteiger partial charge in [-0.1, -0.05) is 126 Å². The third kappa shape index (κ3) is 12.8. The zero-order valence-corrected chi connectivity index (χ0v) is 35.4. The Labute approximate surface area is 350 Å². The molecule has 5 aromatic carbocycles. The zero-order valence-electron chi connectivity index (χ0n) is 35.4. The van der Waals surface area contributed by atoms with Crippen LogP contribution in [-0.2, 0) is 49.1 Å². The van der Waals surface area contributed by atoms with E-state index in [0.29, 0.717) is 49.2 Å². The first-order valence-electron chi connectivity index (χ1n) is 20.2. The predicted molar refractivity (Wildman–Crippen MR) is 230 cm³/mol. The van der Waals surface area contributed by atoms with Crippen molar-refractivity contribution in [2.75, 3.05) is 13.1 Å². The van der Waals surface area contributed by atoms with Gasteiger partial charge in [0.05, 0.1) is 22.2 Å². The Balaban J connectivity index is 0.000000247. The number of carbonyl (C=O) groups excluding carboxylic acids is 1. The lowest BCUT2D eigenvalue weighted by molar-refractivity contribution is -0.138. The van der Waals surface area contributed by atoms with Gasteiger partial charge < -0.3 is 15.2 Å². The lowest BCUT2D eigenvalue weighted by atomic mass is 9.86. The summed E-state index contributed by atoms with van der Waals surface area (Å²) >= 11 is 0. The third-order valence-corrected chi connectivity index (χ3v) is 10.4. The van der Waals surface area contributed by atoms with E-state index in [0.717, 1.165) is 40.2 Å². The first-order chi connectivity index (χ1) is 28.1. The molecule has 6 aromatic rings. The number of aryl methyl sites for hydroxylation is 1. The largest absolute Gasteiger partial charge is 0.416 e. The quantitative estimate of drug-likeness (QED) is 0.101. The molecule has 2 N–H and O–H groups in total. The lowest BCUT2D eigenvalue weighted by Crippen LogP contribution is -2.33. The van der Waals surface area contributed by atoms with E-state index in [9.17, 15) is 31.1 Å². The molecule has 0 aliphatic rings. The molecule has 318 valence electrons. The molecule has 0 bridgehead atoms. The lowest BCUT2D eigenvalue weighted by Gasteiger charge is -2.25. The van der Waals surface area contributed by atoms with Crippen LogP contribution in [0.15, 0.2) is 121 Å². The third-order valence-electron chi connectivity index (χ3n) is 10.4. The molecule has 1 amide bonds. The number of nitrogens with one attached hydrogen (secondary N) is 2. The highest BCUT2D eigenvalue weighted by atomic mass is 19.4. The summed E-state index contributed by atoms with van der Waals surface area (Å²) in [4.78, 5) is 18.7. The number of hydrogen-bond donors (Lipinski definition) is 2. The van der Waals surface area contributed by atoms with Gasteiger partial charge in [0, 0.05) is 31.2 Å². The minimum absolute atomic E-state index is 0.0122. The minimum atomic E-state index is -4.40. The van der Waals surface area contributed by atoms with Crippen LogP contribution in [0.1, 0.15) is 102 Å². The number of alkyl halides is 6. The van der Waals surface area contributed by atoms with Crippen LogP contribution in [0.25, 0.3) is 10.9 Å². The van der Waals surface area contributed by atoms with Crippen molar-refractivity contribution in [2.24, 2.45) is 0 Å². The molecule has 0 saturated heterocycles. The van der Waals surface area contributed by atoms with Gasteiger partial charge in [0.1, 0.15) is 0 Å². The number of nitrogens with zero attached hydrogens (tertiary/aromatic N) is 1. The molecule has 0 aliphatic carbocycles. The number of aromatic nitrogens is 1. The van der Waals surface area contributed by atoms with Crippen LogP contribution in [0.4, 0.5) is 26.3 Å². The van der Waals surface area contributed by atoms with Gasteiger partial charge in [0.15, 0.2) is 0 Å². The number of H-pyrrole nitrogens is 1. The number of aromatic amines is 1. The van der Waals surface area contributed by atoms with E-state index >= 15 is 0 Å². The molecule has 60 heavy (non-hydrogen) atoms. The number of rotatable bonds is 11. The fourth-order valence-electron chi connectivity index (χ4n) is 6.90. The van der Waals surface area contributed by atoms with E-state index in [1.165, 1.54) is 34.9 Å². The average molecular weight is 828 g/mol. The van der Waals surface area contributed by atoms with Gasteiger partial charge in [-0.15, -0.1) is 0 Å². The fraction of sp³-hybridized carbons (Fsp3) is 0.340. The molecule has 0 unspecified atom stereocenters. The number of amides is 1. The summed E-state index contributed by atoms with van der Waals surface area (Å²) in [6.07, 6.45) is -5.99. The monoisotopic (exact) mass is 827 g/mol. The van der Waals surface area contributed by atoms with Crippen molar-refractivity contribution in [3.05, 3.63) is 177 Å². The molecule has 6 rings (SSSR count). The summed E-state index contributed by atoms with van der Waals surface area (Å²) < 4.78 is 77.7. The molecule has 0 aliphatic heterocycles. The Morgan fingerprint density at radius 1 is 0.600 bits per heavy atom. The second-order valence-corrected chi connectivity index (χ2v) is 17.4. The maximum Gasteiger partial charge on any atom is 0.416 e. The number of halogens is 6. The van der Waals surface area contributed by atoms with E-state index in [-0.39, 0.29) is 23.3 Å². The maximum absolute atomic E-state index is 13.8. The van der Waals surface area contributed by atoms with Gasteiger partial charge >= 0.3 is 12.4 Å². The van der Waals surface area contributed by atoms with E-state index in [1.807, 2.05) is 37.3 Å². The average Bonchev–Trinajstić information content (AvgIpc) is 3.66. The van der Waals surface area contributed by atoms with Crippen molar-refractivity contribution >= 4 is 16.8 Å². The molecule has 10 heteroatoms. The Bertz CT molecular complexity index is 2330. The first kappa shape index (κ1) is 45.7. The molecular weight excluding hydrogens is 773 g/mol. The number of benzene rings is 5. The minimum Gasteiger partial charge on any atom is -0.361 e. The van der Waals surface area contributed by atoms with Crippen LogP contribution in [0.5, 0.6) is 0 Å². The second kappa shape index (κ2) is 18.9. The van der Waals surface area contributed by atoms with Gasteiger partial charge in [-0.2, -0.15) is 26.3 Å². The van der Waals surface area contributed by atoms with Gasteiger partial charge in [0.2, 0.25) is 0 Å². The summed E-state index contributed by atoms with van der Waals surface area (Å²) in [6.45, 7) is 16.9. The van der Waals surface area contributed by atoms with Crippen molar-refractivity contribution in [3.63, 3.8) is 0 Å². The standard InChI is InChI=1S/C30H31F3N2O.C20H24F3N/c1-20-16-23-12-14-34-27(23)26(17-20)28(36)35(19-22-8-10-24(11-9-22)29(2,3)4)15-13-21-6-5-7-25(18-21)30(31,32)33;1-19(2,3)17-9-7-16(8-10-17)14-24-12-11-15-5-4-6-18(13-15)20(21,22)23/h5-12,14,16-18,34H,13,15,19H2,1-4H3;4-10,13,24H,11-12,14H2,1-3H3. The van der Waals surface area contributed by atoms with E-state index in [4.69, 9.17) is 0 Å². The molecule has 0 spiro atoms. The molecule has 0 saturated carbocycles. The van der Waals surface area contributed by atoms with Crippen LogP contribution in [0.3, 0.4) is 0 Å². The van der Waals surface area contributed by atoms with Gasteiger partial charge in [-0.05, 0) is 106 Å². The van der Waals surface area contributed by atoms with Gasteiger partial charge in [-0.3, -0.25) is 4.79 Å². The molecular formula is C50H55F6N3O. The smallest absolute Gasteiger partial charge is 0.361 e. The van der Waals surface area contributed by atoms with Crippen molar-refractivity contribution in [1.29, 1.82) is 0 Å². The Kier molecular flexibility index (Phi) is 14.4. The summed E-state index contributed by atoms with van der Waals surface area (Å²) in [6, 6.07) is 33.3. The summed E-state index contributed by atoms with van der Waals surface area (Å²) in [7, 11) is 0. The molecule has 4 nitrogen and oxygen atoms in total. The van der Waals surface area contributed by atoms with Gasteiger partial charge in [-0.25, -0.2) is 0 Å². The second-order valence-electron chi connectivity index (χ2n) is 17.4. The molecule has 0 radical (unpaired) electrons. The number of fused-ring (bicyclic) bond motifs is 1. The van der Waals surface area contributed by atoms with Crippen LogP contribution in [0.2, 0.25) is 0 Å². The van der Waals surface area contributed by atoms with Crippen molar-refractivity contribution in [3.8, 4) is 0 Å². The Morgan fingerprint density at radius 3 is 1.63 bits per heavy atom. The summed E-state index contributed by atoms with van der Waals surface area (Å²) in [5.41, 5.74) is 7.03. The topological polar surface area (TPSA) is 48.1 Å². The van der Waals surface area contributed by atoms with Gasteiger partial charge in [0.25, 0.3) is 5.91 Å². The van der Waals surface area contributed by atoms with E-state index in [1.54, 1.807) is 23.2 Å². The van der Waals surface area contributed by atoms with Crippen molar-refractivity contribution in [2.45, 2.75) is 97.6 Å². The zero-order chi connectivity index (χ0) is 43.9. The molecule has 0 fully saturated rings. The molecule has 1 aromatic heterocycles. The van der Waals surface area contributed by atoms with E-state index in [2.05, 4.69) is 88.2 Å². The number of hydrogen-bond acceptors (Lipinski definition) is 2. The highest BCUT2D eigenvalue weighted by Crippen LogP contribution is 2.31. The maximum atomic E-state index is 13.8. The molecule has 0 atom stereocenters. The SMILES string of the molecule is CC(C)(C)c1ccc(CNCCc2cccc(C(F)(F)F)c2)cc1.Cc1cc(C(=O)N(CCc2cccc(C(F)(F)F)c2)Cc2ccc(C(C)(C)C)cc2)c2[nH]ccc2c1. The van der Waals surface area contributed by atoms with Crippen LogP contribution in [-0.4, -0.2) is 28.9 Å². The number of carbonyl (C=O) groups is 1. The fourth-order valence-corrected chi connectivity index (χ4v) is 6.90. The summed E-state index contributed by atoms with van der Waals surface area (Å²) in [5, 5.41) is 4.24.